The molecule has 7 nitrogen and oxygen atoms in total. The quantitative estimate of drug-likeness (QED) is 0.574. The molecule has 0 aliphatic carbocycles. The number of fused-ring (bicyclic) bond motifs is 1. The van der Waals surface area contributed by atoms with Gasteiger partial charge >= 0.3 is 0 Å². The molecule has 1 heterocycles. The molecule has 3 rings (SSSR count). The maximum atomic E-state index is 12.7. The van der Waals surface area contributed by atoms with Crippen LogP contribution in [0, 0.1) is 0 Å². The van der Waals surface area contributed by atoms with Gasteiger partial charge in [-0.05, 0) is 60.1 Å². The number of halogens is 1. The van der Waals surface area contributed by atoms with Gasteiger partial charge in [-0.15, -0.1) is 0 Å². The van der Waals surface area contributed by atoms with Gasteiger partial charge in [-0.2, -0.15) is 0 Å². The Labute approximate surface area is 171 Å². The van der Waals surface area contributed by atoms with Gasteiger partial charge in [0.05, 0.1) is 23.1 Å². The Morgan fingerprint density at radius 1 is 1.29 bits per heavy atom. The number of sulfonamides is 1. The van der Waals surface area contributed by atoms with E-state index in [1.807, 2.05) is 31.2 Å². The summed E-state index contributed by atoms with van der Waals surface area (Å²) >= 11 is 3.26. The first-order chi connectivity index (χ1) is 13.2. The van der Waals surface area contributed by atoms with Gasteiger partial charge in [0.2, 0.25) is 10.0 Å². The number of hydrogen-bond donors (Lipinski definition) is 2. The van der Waals surface area contributed by atoms with Crippen LogP contribution in [0.25, 0.3) is 11.0 Å². The van der Waals surface area contributed by atoms with Crippen molar-refractivity contribution in [1.82, 2.24) is 5.32 Å². The zero-order valence-corrected chi connectivity index (χ0v) is 17.6. The Balaban J connectivity index is 1.87. The standard InChI is InChI=1S/C19H19BrN2O5S/c1-3-26-16-6-4-5-12-9-17(27-18(12)16)11(2)22-19(23)14-10-13(28(21,24)25)7-8-15(14)20/h4-11H,3H2,1-2H3,(H,22,23)(H2,21,24,25). The minimum absolute atomic E-state index is 0.140. The van der Waals surface area contributed by atoms with Gasteiger partial charge in [-0.1, -0.05) is 12.1 Å². The van der Waals surface area contributed by atoms with Gasteiger partial charge < -0.3 is 14.5 Å². The first-order valence-electron chi connectivity index (χ1n) is 8.49. The van der Waals surface area contributed by atoms with Gasteiger partial charge in [0, 0.05) is 9.86 Å². The van der Waals surface area contributed by atoms with Crippen LogP contribution in [0.3, 0.4) is 0 Å². The zero-order chi connectivity index (χ0) is 20.5. The van der Waals surface area contributed by atoms with Crippen molar-refractivity contribution in [2.24, 2.45) is 5.14 Å². The highest BCUT2D eigenvalue weighted by Crippen LogP contribution is 2.31. The van der Waals surface area contributed by atoms with Crippen LogP contribution in [-0.2, 0) is 10.0 Å². The molecule has 3 N–H and O–H groups in total. The molecule has 1 atom stereocenters. The summed E-state index contributed by atoms with van der Waals surface area (Å²) in [6.07, 6.45) is 0. The second-order valence-corrected chi connectivity index (χ2v) is 8.55. The predicted molar refractivity (Wildman–Crippen MR) is 109 cm³/mol. The van der Waals surface area contributed by atoms with E-state index < -0.39 is 22.0 Å². The monoisotopic (exact) mass is 466 g/mol. The van der Waals surface area contributed by atoms with E-state index in [1.54, 1.807) is 6.92 Å². The third-order valence-electron chi connectivity index (χ3n) is 4.11. The summed E-state index contributed by atoms with van der Waals surface area (Å²) in [7, 11) is -3.92. The fraction of sp³-hybridized carbons (Fsp3) is 0.211. The van der Waals surface area contributed by atoms with Gasteiger partial charge in [0.15, 0.2) is 11.3 Å². The highest BCUT2D eigenvalue weighted by Gasteiger charge is 2.20. The average Bonchev–Trinajstić information content (AvgIpc) is 3.06. The van der Waals surface area contributed by atoms with Crippen molar-refractivity contribution in [2.75, 3.05) is 6.61 Å². The number of nitrogens with one attached hydrogen (secondary N) is 1. The van der Waals surface area contributed by atoms with E-state index in [1.165, 1.54) is 18.2 Å². The lowest BCUT2D eigenvalue weighted by atomic mass is 10.1. The van der Waals surface area contributed by atoms with Crippen molar-refractivity contribution < 1.29 is 22.4 Å². The minimum Gasteiger partial charge on any atom is -0.490 e. The van der Waals surface area contributed by atoms with Crippen LogP contribution >= 0.6 is 15.9 Å². The molecule has 2 aromatic carbocycles. The van der Waals surface area contributed by atoms with Crippen LogP contribution in [0.5, 0.6) is 5.75 Å². The fourth-order valence-electron chi connectivity index (χ4n) is 2.74. The molecule has 0 aliphatic heterocycles. The number of primary sulfonamides is 1. The second-order valence-electron chi connectivity index (χ2n) is 6.14. The number of hydrogen-bond acceptors (Lipinski definition) is 5. The number of furan rings is 1. The number of amides is 1. The van der Waals surface area contributed by atoms with Crippen molar-refractivity contribution in [3.8, 4) is 5.75 Å². The Hall–Kier alpha value is -2.36. The highest BCUT2D eigenvalue weighted by molar-refractivity contribution is 9.10. The molecule has 0 fully saturated rings. The minimum atomic E-state index is -3.92. The van der Waals surface area contributed by atoms with Gasteiger partial charge in [-0.25, -0.2) is 13.6 Å². The van der Waals surface area contributed by atoms with Crippen LogP contribution in [-0.4, -0.2) is 20.9 Å². The maximum Gasteiger partial charge on any atom is 0.253 e. The van der Waals surface area contributed by atoms with Crippen molar-refractivity contribution in [2.45, 2.75) is 24.8 Å². The third kappa shape index (κ3) is 4.21. The van der Waals surface area contributed by atoms with E-state index in [0.29, 0.717) is 28.2 Å². The van der Waals surface area contributed by atoms with Crippen LogP contribution in [0.4, 0.5) is 0 Å². The van der Waals surface area contributed by atoms with E-state index in [2.05, 4.69) is 21.2 Å². The lowest BCUT2D eigenvalue weighted by molar-refractivity contribution is 0.0934. The van der Waals surface area contributed by atoms with Crippen LogP contribution in [0.15, 0.2) is 56.2 Å². The molecule has 148 valence electrons. The molecule has 0 bridgehead atoms. The summed E-state index contributed by atoms with van der Waals surface area (Å²) in [5.74, 6) is 0.720. The maximum absolute atomic E-state index is 12.7. The summed E-state index contributed by atoms with van der Waals surface area (Å²) < 4.78 is 35.0. The molecule has 28 heavy (non-hydrogen) atoms. The number of para-hydroxylation sites is 1. The Morgan fingerprint density at radius 2 is 2.04 bits per heavy atom. The van der Waals surface area contributed by atoms with Crippen molar-refractivity contribution in [1.29, 1.82) is 0 Å². The molecule has 1 amide bonds. The third-order valence-corrected chi connectivity index (χ3v) is 5.71. The molecule has 3 aromatic rings. The highest BCUT2D eigenvalue weighted by atomic mass is 79.9. The summed E-state index contributed by atoms with van der Waals surface area (Å²) in [5.41, 5.74) is 0.766. The SMILES string of the molecule is CCOc1cccc2cc(C(C)NC(=O)c3cc(S(N)(=O)=O)ccc3Br)oc12. The fourth-order valence-corrected chi connectivity index (χ4v) is 3.71. The number of ether oxygens (including phenoxy) is 1. The zero-order valence-electron chi connectivity index (χ0n) is 15.2. The van der Waals surface area contributed by atoms with E-state index in [4.69, 9.17) is 14.3 Å². The van der Waals surface area contributed by atoms with Crippen LogP contribution in [0.2, 0.25) is 0 Å². The first-order valence-corrected chi connectivity index (χ1v) is 10.8. The van der Waals surface area contributed by atoms with Gasteiger partial charge in [0.1, 0.15) is 5.76 Å². The van der Waals surface area contributed by atoms with E-state index in [9.17, 15) is 13.2 Å². The summed E-state index contributed by atoms with van der Waals surface area (Å²) in [4.78, 5) is 12.5. The number of rotatable bonds is 6. The van der Waals surface area contributed by atoms with Gasteiger partial charge in [-0.3, -0.25) is 4.79 Å². The van der Waals surface area contributed by atoms with E-state index in [0.717, 1.165) is 5.39 Å². The molecule has 9 heteroatoms. The number of carbonyl (C=O) groups excluding carboxylic acids is 1. The Bertz CT molecular complexity index is 1140. The Morgan fingerprint density at radius 3 is 2.71 bits per heavy atom. The Kier molecular flexibility index (Phi) is 5.78. The summed E-state index contributed by atoms with van der Waals surface area (Å²) in [6.45, 7) is 4.17. The molecule has 0 saturated heterocycles. The molecule has 0 saturated carbocycles. The number of nitrogens with two attached hydrogens (primary N) is 1. The number of benzene rings is 2. The smallest absolute Gasteiger partial charge is 0.253 e. The van der Waals surface area contributed by atoms with Crippen LogP contribution < -0.4 is 15.2 Å². The lowest BCUT2D eigenvalue weighted by Crippen LogP contribution is -2.27. The molecule has 0 aliphatic rings. The van der Waals surface area contributed by atoms with Crippen LogP contribution in [0.1, 0.15) is 36.0 Å². The molecule has 0 spiro atoms. The average molecular weight is 467 g/mol. The predicted octanol–water partition coefficient (Wildman–Crippen LogP) is 3.73. The summed E-state index contributed by atoms with van der Waals surface area (Å²) in [6, 6.07) is 11.0. The summed E-state index contributed by atoms with van der Waals surface area (Å²) in [5, 5.41) is 8.81. The van der Waals surface area contributed by atoms with Crippen molar-refractivity contribution >= 4 is 42.8 Å². The molecular weight excluding hydrogens is 448 g/mol. The van der Waals surface area contributed by atoms with Gasteiger partial charge in [0.25, 0.3) is 5.91 Å². The normalized spacial score (nSPS) is 12.7. The topological polar surface area (TPSA) is 112 Å². The first kappa shape index (κ1) is 20.4. The van der Waals surface area contributed by atoms with Crippen molar-refractivity contribution in [3.63, 3.8) is 0 Å². The van der Waals surface area contributed by atoms with Crippen molar-refractivity contribution in [3.05, 3.63) is 58.3 Å². The van der Waals surface area contributed by atoms with E-state index >= 15 is 0 Å². The molecule has 0 radical (unpaired) electrons. The number of carbonyl (C=O) groups is 1. The molecule has 1 aromatic heterocycles. The van der Waals surface area contributed by atoms with E-state index in [-0.39, 0.29) is 10.5 Å². The second kappa shape index (κ2) is 7.94. The molecule has 1 unspecified atom stereocenters. The largest absolute Gasteiger partial charge is 0.490 e. The molecular formula is C19H19BrN2O5S. The lowest BCUT2D eigenvalue weighted by Gasteiger charge is -2.13.